The van der Waals surface area contributed by atoms with Gasteiger partial charge in [0.1, 0.15) is 0 Å². The van der Waals surface area contributed by atoms with E-state index < -0.39 is 0 Å². The summed E-state index contributed by atoms with van der Waals surface area (Å²) in [6.45, 7) is 1.99. The van der Waals surface area contributed by atoms with Crippen molar-refractivity contribution in [3.05, 3.63) is 35.7 Å². The highest BCUT2D eigenvalue weighted by Gasteiger charge is 2.11. The molecule has 0 aliphatic heterocycles. The molecule has 0 saturated heterocycles. The van der Waals surface area contributed by atoms with Crippen LogP contribution in [0.2, 0.25) is 0 Å². The zero-order chi connectivity index (χ0) is 12.1. The number of benzene rings is 1. The van der Waals surface area contributed by atoms with Gasteiger partial charge in [0.15, 0.2) is 5.82 Å². The van der Waals surface area contributed by atoms with Crippen molar-refractivity contribution >= 4 is 0 Å². The van der Waals surface area contributed by atoms with Gasteiger partial charge < -0.3 is 4.52 Å². The molecule has 0 spiro atoms. The summed E-state index contributed by atoms with van der Waals surface area (Å²) in [6, 6.07) is 7.98. The van der Waals surface area contributed by atoms with Crippen LogP contribution in [0.15, 0.2) is 28.8 Å². The molecule has 1 aromatic carbocycles. The first-order chi connectivity index (χ1) is 8.35. The minimum absolute atomic E-state index is 0.102. The van der Waals surface area contributed by atoms with Gasteiger partial charge in [-0.15, -0.1) is 0 Å². The summed E-state index contributed by atoms with van der Waals surface area (Å²) >= 11 is 0. The lowest BCUT2D eigenvalue weighted by atomic mass is 10.1. The van der Waals surface area contributed by atoms with Gasteiger partial charge in [-0.1, -0.05) is 30.3 Å². The molecule has 2 aromatic rings. The molecule has 0 saturated carbocycles. The third kappa shape index (κ3) is 2.71. The van der Waals surface area contributed by atoms with Gasteiger partial charge in [-0.3, -0.25) is 0 Å². The average molecular weight is 231 g/mol. The predicted molar refractivity (Wildman–Crippen MR) is 63.0 cm³/mol. The van der Waals surface area contributed by atoms with Crippen molar-refractivity contribution in [1.82, 2.24) is 10.1 Å². The lowest BCUT2D eigenvalue weighted by Gasteiger charge is -2.01. The van der Waals surface area contributed by atoms with Crippen LogP contribution < -0.4 is 0 Å². The molecule has 1 heterocycles. The normalized spacial score (nSPS) is 10.7. The Bertz CT molecular complexity index is 480. The highest BCUT2D eigenvalue weighted by atomic mass is 16.5. The van der Waals surface area contributed by atoms with Crippen LogP contribution in [0.3, 0.4) is 0 Å². The van der Waals surface area contributed by atoms with Crippen LogP contribution in [-0.4, -0.2) is 16.7 Å². The molecule has 0 N–H and O–H groups in total. The molecule has 2 rings (SSSR count). The minimum atomic E-state index is -0.102. The zero-order valence-electron chi connectivity index (χ0n) is 9.85. The second kappa shape index (κ2) is 5.59. The summed E-state index contributed by atoms with van der Waals surface area (Å²) in [4.78, 5) is 4.31. The van der Waals surface area contributed by atoms with Crippen LogP contribution in [0.1, 0.15) is 24.7 Å². The summed E-state index contributed by atoms with van der Waals surface area (Å²) in [6.07, 6.45) is 2.06. The number of nitrogens with zero attached hydrogens (tertiary/aromatic N) is 2. The number of aryl methyl sites for hydroxylation is 2. The molecule has 0 atom stereocenters. The molecule has 0 aliphatic carbocycles. The molecule has 0 aliphatic rings. The van der Waals surface area contributed by atoms with Gasteiger partial charge in [-0.25, -0.2) is 5.11 Å². The molecule has 0 amide bonds. The van der Waals surface area contributed by atoms with E-state index in [2.05, 4.69) is 23.1 Å². The molecule has 1 aromatic heterocycles. The monoisotopic (exact) mass is 231 g/mol. The van der Waals surface area contributed by atoms with Crippen LogP contribution in [0.25, 0.3) is 11.5 Å². The lowest BCUT2D eigenvalue weighted by molar-refractivity contribution is 0.188. The lowest BCUT2D eigenvalue weighted by Crippen LogP contribution is -1.91. The number of aromatic nitrogens is 2. The minimum Gasteiger partial charge on any atom is -0.334 e. The fraction of sp³-hybridized carbons (Fsp3) is 0.385. The number of hydrogen-bond acceptors (Lipinski definition) is 3. The Morgan fingerprint density at radius 3 is 2.88 bits per heavy atom. The third-order valence-corrected chi connectivity index (χ3v) is 2.64. The summed E-state index contributed by atoms with van der Waals surface area (Å²) in [5, 5.41) is 14.3. The second-order valence-electron chi connectivity index (χ2n) is 3.83. The summed E-state index contributed by atoms with van der Waals surface area (Å²) in [7, 11) is 0. The third-order valence-electron chi connectivity index (χ3n) is 2.64. The first-order valence-electron chi connectivity index (χ1n) is 5.84. The predicted octanol–water partition coefficient (Wildman–Crippen LogP) is 2.66. The largest absolute Gasteiger partial charge is 0.334 e. The van der Waals surface area contributed by atoms with Crippen molar-refractivity contribution in [2.45, 2.75) is 26.2 Å². The molecule has 0 bridgehead atoms. The average Bonchev–Trinajstić information content (AvgIpc) is 2.85. The van der Waals surface area contributed by atoms with E-state index in [9.17, 15) is 5.11 Å². The molecule has 1 radical (unpaired) electrons. The molecule has 4 nitrogen and oxygen atoms in total. The van der Waals surface area contributed by atoms with Crippen molar-refractivity contribution in [2.75, 3.05) is 6.61 Å². The van der Waals surface area contributed by atoms with Gasteiger partial charge >= 0.3 is 0 Å². The summed E-state index contributed by atoms with van der Waals surface area (Å²) in [5.74, 6) is 1.16. The van der Waals surface area contributed by atoms with Gasteiger partial charge in [0.2, 0.25) is 0 Å². The molecule has 4 heteroatoms. The molecular formula is C13H15N2O2. The van der Waals surface area contributed by atoms with Gasteiger partial charge in [0.05, 0.1) is 6.61 Å². The van der Waals surface area contributed by atoms with Crippen molar-refractivity contribution < 1.29 is 9.63 Å². The topological polar surface area (TPSA) is 58.8 Å². The fourth-order valence-corrected chi connectivity index (χ4v) is 1.73. The Balaban J connectivity index is 2.24. The first kappa shape index (κ1) is 11.8. The van der Waals surface area contributed by atoms with E-state index >= 15 is 0 Å². The highest BCUT2D eigenvalue weighted by molar-refractivity contribution is 5.58. The van der Waals surface area contributed by atoms with Crippen LogP contribution in [0.4, 0.5) is 0 Å². The van der Waals surface area contributed by atoms with Crippen molar-refractivity contribution in [3.8, 4) is 11.5 Å². The van der Waals surface area contributed by atoms with E-state index in [4.69, 9.17) is 4.52 Å². The van der Waals surface area contributed by atoms with Crippen molar-refractivity contribution in [3.63, 3.8) is 0 Å². The molecule has 17 heavy (non-hydrogen) atoms. The molecule has 0 fully saturated rings. The maximum absolute atomic E-state index is 10.4. The Kier molecular flexibility index (Phi) is 3.88. The maximum atomic E-state index is 10.4. The quantitative estimate of drug-likeness (QED) is 0.794. The van der Waals surface area contributed by atoms with E-state index in [-0.39, 0.29) is 6.61 Å². The zero-order valence-corrected chi connectivity index (χ0v) is 9.85. The maximum Gasteiger partial charge on any atom is 0.258 e. The van der Waals surface area contributed by atoms with E-state index in [1.165, 1.54) is 5.56 Å². The van der Waals surface area contributed by atoms with Crippen molar-refractivity contribution in [1.29, 1.82) is 0 Å². The van der Waals surface area contributed by atoms with Gasteiger partial charge in [-0.05, 0) is 24.5 Å². The second-order valence-corrected chi connectivity index (χ2v) is 3.83. The van der Waals surface area contributed by atoms with Gasteiger partial charge in [0.25, 0.3) is 5.89 Å². The van der Waals surface area contributed by atoms with Crippen LogP contribution in [0.5, 0.6) is 0 Å². The van der Waals surface area contributed by atoms with E-state index in [0.717, 1.165) is 12.0 Å². The van der Waals surface area contributed by atoms with Crippen molar-refractivity contribution in [2.24, 2.45) is 0 Å². The summed E-state index contributed by atoms with van der Waals surface area (Å²) < 4.78 is 5.23. The Morgan fingerprint density at radius 1 is 1.29 bits per heavy atom. The van der Waals surface area contributed by atoms with Crippen LogP contribution in [-0.2, 0) is 17.9 Å². The van der Waals surface area contributed by atoms with Gasteiger partial charge in [0, 0.05) is 12.0 Å². The Hall–Kier alpha value is -1.68. The number of hydrogen-bond donors (Lipinski definition) is 0. The Labute approximate surface area is 100 Å². The van der Waals surface area contributed by atoms with Gasteiger partial charge in [-0.2, -0.15) is 4.98 Å². The fourth-order valence-electron chi connectivity index (χ4n) is 1.73. The smallest absolute Gasteiger partial charge is 0.258 e. The molecule has 0 unspecified atom stereocenters. The first-order valence-corrected chi connectivity index (χ1v) is 5.84. The number of rotatable bonds is 5. The van der Waals surface area contributed by atoms with E-state index in [0.29, 0.717) is 24.6 Å². The SMILES string of the molecule is CCc1ccccc1-c1nc(CCC[O])no1. The molecular weight excluding hydrogens is 216 g/mol. The van der Waals surface area contributed by atoms with E-state index in [1.54, 1.807) is 0 Å². The molecule has 89 valence electrons. The Morgan fingerprint density at radius 2 is 2.12 bits per heavy atom. The van der Waals surface area contributed by atoms with E-state index in [1.807, 2.05) is 18.2 Å². The highest BCUT2D eigenvalue weighted by Crippen LogP contribution is 2.22. The van der Waals surface area contributed by atoms with Crippen LogP contribution in [0, 0.1) is 0 Å². The van der Waals surface area contributed by atoms with Crippen LogP contribution >= 0.6 is 0 Å². The summed E-state index contributed by atoms with van der Waals surface area (Å²) in [5.41, 5.74) is 2.17. The standard InChI is InChI=1S/C13H15N2O2/c1-2-10-6-3-4-7-11(10)13-14-12(15-17-13)8-5-9-16/h3-4,6-7H,2,5,8-9H2,1H3.